The van der Waals surface area contributed by atoms with Gasteiger partial charge in [0, 0.05) is 12.6 Å². The van der Waals surface area contributed by atoms with Gasteiger partial charge < -0.3 is 4.74 Å². The molecule has 0 aromatic heterocycles. The predicted octanol–water partition coefficient (Wildman–Crippen LogP) is 1.83. The zero-order chi connectivity index (χ0) is 10.2. The number of hydrazine groups is 1. The SMILES string of the molecule is CCCOCC(NN)C1CCCCC1. The van der Waals surface area contributed by atoms with Gasteiger partial charge in [-0.25, -0.2) is 0 Å². The third-order valence-electron chi connectivity index (χ3n) is 3.08. The molecule has 3 heteroatoms. The molecule has 0 bridgehead atoms. The topological polar surface area (TPSA) is 47.3 Å². The molecular formula is C11H24N2O. The molecule has 3 nitrogen and oxygen atoms in total. The summed E-state index contributed by atoms with van der Waals surface area (Å²) in [5, 5.41) is 0. The zero-order valence-corrected chi connectivity index (χ0v) is 9.30. The molecule has 0 aromatic carbocycles. The van der Waals surface area contributed by atoms with Gasteiger partial charge in [0.05, 0.1) is 6.61 Å². The summed E-state index contributed by atoms with van der Waals surface area (Å²) in [6.45, 7) is 3.76. The van der Waals surface area contributed by atoms with Crippen molar-refractivity contribution in [2.75, 3.05) is 13.2 Å². The maximum atomic E-state index is 5.56. The average molecular weight is 200 g/mol. The quantitative estimate of drug-likeness (QED) is 0.390. The van der Waals surface area contributed by atoms with Crippen molar-refractivity contribution in [3.8, 4) is 0 Å². The first-order chi connectivity index (χ1) is 6.88. The maximum Gasteiger partial charge on any atom is 0.0635 e. The number of ether oxygens (including phenoxy) is 1. The molecule has 1 aliphatic rings. The van der Waals surface area contributed by atoms with E-state index in [-0.39, 0.29) is 0 Å². The Bertz CT molecular complexity index is 135. The van der Waals surface area contributed by atoms with E-state index >= 15 is 0 Å². The lowest BCUT2D eigenvalue weighted by Gasteiger charge is -2.29. The first-order valence-electron chi connectivity index (χ1n) is 5.92. The number of hydrogen-bond donors (Lipinski definition) is 2. The van der Waals surface area contributed by atoms with Gasteiger partial charge in [0.1, 0.15) is 0 Å². The molecule has 1 rings (SSSR count). The minimum Gasteiger partial charge on any atom is -0.380 e. The number of nitrogens with two attached hydrogens (primary N) is 1. The van der Waals surface area contributed by atoms with E-state index in [1.165, 1.54) is 32.1 Å². The zero-order valence-electron chi connectivity index (χ0n) is 9.30. The molecule has 0 amide bonds. The molecule has 0 saturated heterocycles. The molecule has 3 N–H and O–H groups in total. The number of hydrogen-bond acceptors (Lipinski definition) is 3. The molecule has 84 valence electrons. The largest absolute Gasteiger partial charge is 0.380 e. The van der Waals surface area contributed by atoms with Crippen LogP contribution in [0.2, 0.25) is 0 Å². The van der Waals surface area contributed by atoms with E-state index < -0.39 is 0 Å². The molecule has 0 aromatic rings. The Morgan fingerprint density at radius 2 is 2.07 bits per heavy atom. The van der Waals surface area contributed by atoms with Crippen LogP contribution in [0.3, 0.4) is 0 Å². The van der Waals surface area contributed by atoms with Gasteiger partial charge in [-0.3, -0.25) is 11.3 Å². The van der Waals surface area contributed by atoms with E-state index in [4.69, 9.17) is 10.6 Å². The Morgan fingerprint density at radius 3 is 2.64 bits per heavy atom. The van der Waals surface area contributed by atoms with Gasteiger partial charge in [0.25, 0.3) is 0 Å². The fourth-order valence-electron chi connectivity index (χ4n) is 2.21. The summed E-state index contributed by atoms with van der Waals surface area (Å²) < 4.78 is 5.55. The van der Waals surface area contributed by atoms with Crippen LogP contribution in [0.15, 0.2) is 0 Å². The monoisotopic (exact) mass is 200 g/mol. The molecule has 1 atom stereocenters. The molecule has 14 heavy (non-hydrogen) atoms. The maximum absolute atomic E-state index is 5.56. The van der Waals surface area contributed by atoms with Crippen molar-refractivity contribution < 1.29 is 4.74 Å². The molecule has 1 aliphatic carbocycles. The van der Waals surface area contributed by atoms with E-state index in [1.54, 1.807) is 0 Å². The highest BCUT2D eigenvalue weighted by Gasteiger charge is 2.22. The minimum absolute atomic E-state index is 0.363. The van der Waals surface area contributed by atoms with Gasteiger partial charge >= 0.3 is 0 Å². The second-order valence-corrected chi connectivity index (χ2v) is 4.25. The van der Waals surface area contributed by atoms with Crippen LogP contribution in [0.5, 0.6) is 0 Å². The van der Waals surface area contributed by atoms with E-state index in [0.29, 0.717) is 6.04 Å². The van der Waals surface area contributed by atoms with Crippen LogP contribution in [0.1, 0.15) is 45.4 Å². The van der Waals surface area contributed by atoms with Gasteiger partial charge in [0.2, 0.25) is 0 Å². The second-order valence-electron chi connectivity index (χ2n) is 4.25. The third kappa shape index (κ3) is 3.95. The Balaban J connectivity index is 2.21. The van der Waals surface area contributed by atoms with Crippen LogP contribution < -0.4 is 11.3 Å². The van der Waals surface area contributed by atoms with Crippen LogP contribution in [0.25, 0.3) is 0 Å². The summed E-state index contributed by atoms with van der Waals surface area (Å²) in [6, 6.07) is 0.363. The van der Waals surface area contributed by atoms with E-state index in [9.17, 15) is 0 Å². The van der Waals surface area contributed by atoms with Crippen LogP contribution in [-0.4, -0.2) is 19.3 Å². The molecule has 0 aliphatic heterocycles. The van der Waals surface area contributed by atoms with Gasteiger partial charge in [0.15, 0.2) is 0 Å². The molecule has 1 fully saturated rings. The summed E-state index contributed by atoms with van der Waals surface area (Å²) in [5.74, 6) is 6.28. The van der Waals surface area contributed by atoms with Crippen LogP contribution in [0.4, 0.5) is 0 Å². The summed E-state index contributed by atoms with van der Waals surface area (Å²) in [7, 11) is 0. The molecular weight excluding hydrogens is 176 g/mol. The molecule has 1 unspecified atom stereocenters. The van der Waals surface area contributed by atoms with Gasteiger partial charge in [-0.2, -0.15) is 0 Å². The molecule has 0 spiro atoms. The van der Waals surface area contributed by atoms with Crippen LogP contribution >= 0.6 is 0 Å². The third-order valence-corrected chi connectivity index (χ3v) is 3.08. The second kappa shape index (κ2) is 7.21. The van der Waals surface area contributed by atoms with Crippen molar-refractivity contribution in [2.24, 2.45) is 11.8 Å². The van der Waals surface area contributed by atoms with Gasteiger partial charge in [-0.1, -0.05) is 26.2 Å². The number of rotatable bonds is 6. The normalized spacial score (nSPS) is 21.0. The average Bonchev–Trinajstić information content (AvgIpc) is 2.26. The summed E-state index contributed by atoms with van der Waals surface area (Å²) >= 11 is 0. The van der Waals surface area contributed by atoms with Crippen molar-refractivity contribution in [2.45, 2.75) is 51.5 Å². The lowest BCUT2D eigenvalue weighted by molar-refractivity contribution is 0.0848. The van der Waals surface area contributed by atoms with Gasteiger partial charge in [-0.15, -0.1) is 0 Å². The molecule has 0 heterocycles. The first-order valence-corrected chi connectivity index (χ1v) is 5.92. The predicted molar refractivity (Wildman–Crippen MR) is 58.8 cm³/mol. The van der Waals surface area contributed by atoms with Crippen molar-refractivity contribution in [3.05, 3.63) is 0 Å². The minimum atomic E-state index is 0.363. The van der Waals surface area contributed by atoms with Crippen molar-refractivity contribution in [1.29, 1.82) is 0 Å². The van der Waals surface area contributed by atoms with E-state index in [2.05, 4.69) is 12.3 Å². The Hall–Kier alpha value is -0.120. The highest BCUT2D eigenvalue weighted by molar-refractivity contribution is 4.77. The fourth-order valence-corrected chi connectivity index (χ4v) is 2.21. The van der Waals surface area contributed by atoms with Crippen molar-refractivity contribution in [1.82, 2.24) is 5.43 Å². The number of nitrogens with one attached hydrogen (secondary N) is 1. The van der Waals surface area contributed by atoms with Gasteiger partial charge in [-0.05, 0) is 25.2 Å². The fraction of sp³-hybridized carbons (Fsp3) is 1.00. The molecule has 0 radical (unpaired) electrons. The van der Waals surface area contributed by atoms with Crippen molar-refractivity contribution >= 4 is 0 Å². The highest BCUT2D eigenvalue weighted by Crippen LogP contribution is 2.26. The van der Waals surface area contributed by atoms with Crippen molar-refractivity contribution in [3.63, 3.8) is 0 Å². The van der Waals surface area contributed by atoms with Crippen LogP contribution in [0, 0.1) is 5.92 Å². The lowest BCUT2D eigenvalue weighted by atomic mass is 9.84. The summed E-state index contributed by atoms with van der Waals surface area (Å²) in [4.78, 5) is 0. The van der Waals surface area contributed by atoms with E-state index in [1.807, 2.05) is 0 Å². The Labute approximate surface area is 87.4 Å². The van der Waals surface area contributed by atoms with E-state index in [0.717, 1.165) is 25.6 Å². The standard InChI is InChI=1S/C11H24N2O/c1-2-8-14-9-11(13-12)10-6-4-3-5-7-10/h10-11,13H,2-9,12H2,1H3. The summed E-state index contributed by atoms with van der Waals surface area (Å²) in [6.07, 6.45) is 7.81. The summed E-state index contributed by atoms with van der Waals surface area (Å²) in [5.41, 5.74) is 2.91. The first kappa shape index (κ1) is 12.0. The highest BCUT2D eigenvalue weighted by atomic mass is 16.5. The lowest BCUT2D eigenvalue weighted by Crippen LogP contribution is -2.44. The Kier molecular flexibility index (Phi) is 6.15. The molecule has 1 saturated carbocycles. The smallest absolute Gasteiger partial charge is 0.0635 e. The Morgan fingerprint density at radius 1 is 1.36 bits per heavy atom. The van der Waals surface area contributed by atoms with Crippen LogP contribution in [-0.2, 0) is 4.74 Å².